The Balaban J connectivity index is 1.86. The maximum Gasteiger partial charge on any atom is 0.150 e. The first-order chi connectivity index (χ1) is 6.86. The fraction of sp³-hybridized carbons (Fsp3) is 0.417. The summed E-state index contributed by atoms with van der Waals surface area (Å²) in [6.45, 7) is 1.21. The Hall–Kier alpha value is -1.31. The second-order valence-corrected chi connectivity index (χ2v) is 4.35. The normalized spacial score (nSPS) is 28.7. The highest BCUT2D eigenvalue weighted by Crippen LogP contribution is 2.42. The molecule has 2 bridgehead atoms. The van der Waals surface area contributed by atoms with Gasteiger partial charge in [-0.1, -0.05) is 0 Å². The van der Waals surface area contributed by atoms with Crippen LogP contribution in [0.25, 0.3) is 0 Å². The summed E-state index contributed by atoms with van der Waals surface area (Å²) in [7, 11) is 0. The van der Waals surface area contributed by atoms with Gasteiger partial charge in [0.05, 0.1) is 0 Å². The minimum Gasteiger partial charge on any atom is -0.368 e. The van der Waals surface area contributed by atoms with Crippen LogP contribution >= 0.6 is 0 Å². The Kier molecular flexibility index (Phi) is 1.63. The lowest BCUT2D eigenvalue weighted by atomic mass is 9.86. The van der Waals surface area contributed by atoms with Crippen molar-refractivity contribution in [2.75, 3.05) is 11.4 Å². The minimum atomic E-state index is 0.764. The number of hydrogen-bond donors (Lipinski definition) is 0. The third kappa shape index (κ3) is 1.07. The van der Waals surface area contributed by atoms with Crippen LogP contribution in [0.2, 0.25) is 0 Å². The number of nitrogens with zero attached hydrogens (tertiary/aromatic N) is 1. The van der Waals surface area contributed by atoms with Gasteiger partial charge in [0.25, 0.3) is 0 Å². The Bertz CT molecular complexity index is 351. The molecule has 1 aliphatic carbocycles. The van der Waals surface area contributed by atoms with Crippen LogP contribution in [0, 0.1) is 5.92 Å². The SMILES string of the molecule is O=Cc1ccc(N2CC3CC2C3)cc1. The lowest BCUT2D eigenvalue weighted by Gasteiger charge is -2.27. The van der Waals surface area contributed by atoms with Crippen molar-refractivity contribution in [3.63, 3.8) is 0 Å². The zero-order chi connectivity index (χ0) is 9.54. The maximum atomic E-state index is 10.5. The van der Waals surface area contributed by atoms with Crippen molar-refractivity contribution in [3.8, 4) is 0 Å². The zero-order valence-electron chi connectivity index (χ0n) is 8.02. The molecule has 14 heavy (non-hydrogen) atoms. The van der Waals surface area contributed by atoms with E-state index in [0.717, 1.165) is 23.8 Å². The van der Waals surface area contributed by atoms with Crippen molar-refractivity contribution in [2.24, 2.45) is 5.92 Å². The Morgan fingerprint density at radius 2 is 1.93 bits per heavy atom. The van der Waals surface area contributed by atoms with Crippen molar-refractivity contribution >= 4 is 12.0 Å². The standard InChI is InChI=1S/C12H13NO/c14-8-9-1-3-11(4-2-9)13-7-10-5-12(13)6-10/h1-4,8,10,12H,5-7H2. The van der Waals surface area contributed by atoms with E-state index in [9.17, 15) is 4.79 Å². The molecule has 3 aliphatic rings. The summed E-state index contributed by atoms with van der Waals surface area (Å²) in [4.78, 5) is 13.0. The van der Waals surface area contributed by atoms with Crippen LogP contribution in [0.1, 0.15) is 23.2 Å². The molecule has 2 heterocycles. The van der Waals surface area contributed by atoms with Crippen molar-refractivity contribution < 1.29 is 4.79 Å². The molecule has 0 spiro atoms. The van der Waals surface area contributed by atoms with Crippen molar-refractivity contribution in [2.45, 2.75) is 18.9 Å². The lowest BCUT2D eigenvalue weighted by molar-refractivity contribution is 0.112. The van der Waals surface area contributed by atoms with Gasteiger partial charge < -0.3 is 4.90 Å². The van der Waals surface area contributed by atoms with Crippen molar-refractivity contribution in [1.82, 2.24) is 0 Å². The van der Waals surface area contributed by atoms with Crippen LogP contribution in [-0.4, -0.2) is 18.9 Å². The monoisotopic (exact) mass is 187 g/mol. The second-order valence-electron chi connectivity index (χ2n) is 4.35. The van der Waals surface area contributed by atoms with Gasteiger partial charge in [0.2, 0.25) is 0 Å². The van der Waals surface area contributed by atoms with E-state index >= 15 is 0 Å². The van der Waals surface area contributed by atoms with Crippen LogP contribution in [0.15, 0.2) is 24.3 Å². The van der Waals surface area contributed by atoms with E-state index in [4.69, 9.17) is 0 Å². The van der Waals surface area contributed by atoms with E-state index in [2.05, 4.69) is 17.0 Å². The van der Waals surface area contributed by atoms with Gasteiger partial charge >= 0.3 is 0 Å². The number of carbonyl (C=O) groups is 1. The molecule has 1 aromatic rings. The Labute approximate surface area is 83.5 Å². The van der Waals surface area contributed by atoms with Crippen LogP contribution in [0.4, 0.5) is 5.69 Å². The third-order valence-corrected chi connectivity index (χ3v) is 3.47. The number of hydrogen-bond acceptors (Lipinski definition) is 2. The van der Waals surface area contributed by atoms with E-state index < -0.39 is 0 Å². The molecule has 0 amide bonds. The molecule has 2 aliphatic heterocycles. The summed E-state index contributed by atoms with van der Waals surface area (Å²) in [6, 6.07) is 8.70. The first kappa shape index (κ1) is 8.04. The molecule has 0 radical (unpaired) electrons. The fourth-order valence-corrected chi connectivity index (χ4v) is 2.59. The van der Waals surface area contributed by atoms with Crippen LogP contribution < -0.4 is 4.90 Å². The third-order valence-electron chi connectivity index (χ3n) is 3.47. The van der Waals surface area contributed by atoms with Crippen LogP contribution in [-0.2, 0) is 0 Å². The van der Waals surface area contributed by atoms with Gasteiger partial charge in [-0.3, -0.25) is 4.79 Å². The van der Waals surface area contributed by atoms with E-state index in [1.165, 1.54) is 25.1 Å². The lowest BCUT2D eigenvalue weighted by Crippen LogP contribution is -2.28. The zero-order valence-corrected chi connectivity index (χ0v) is 8.02. The maximum absolute atomic E-state index is 10.5. The predicted molar refractivity (Wildman–Crippen MR) is 55.7 cm³/mol. The number of anilines is 1. The molecule has 0 atom stereocenters. The predicted octanol–water partition coefficient (Wildman–Crippen LogP) is 2.10. The van der Waals surface area contributed by atoms with E-state index in [1.807, 2.05) is 12.1 Å². The minimum absolute atomic E-state index is 0.764. The average Bonchev–Trinajstić information content (AvgIpc) is 2.76. The number of rotatable bonds is 2. The van der Waals surface area contributed by atoms with E-state index in [-0.39, 0.29) is 0 Å². The molecule has 0 N–H and O–H groups in total. The molecule has 3 fully saturated rings. The molecule has 4 rings (SSSR count). The molecule has 2 saturated heterocycles. The molecule has 1 saturated carbocycles. The summed E-state index contributed by atoms with van der Waals surface area (Å²) in [6.07, 6.45) is 3.64. The second kappa shape index (κ2) is 2.84. The summed E-state index contributed by atoms with van der Waals surface area (Å²) in [5.41, 5.74) is 2.04. The first-order valence-electron chi connectivity index (χ1n) is 5.19. The van der Waals surface area contributed by atoms with E-state index in [1.54, 1.807) is 0 Å². The molecule has 72 valence electrons. The molecule has 0 aromatic heterocycles. The molecule has 1 aromatic carbocycles. The quantitative estimate of drug-likeness (QED) is 0.661. The Morgan fingerprint density at radius 1 is 1.21 bits per heavy atom. The van der Waals surface area contributed by atoms with Gasteiger partial charge in [-0.2, -0.15) is 0 Å². The smallest absolute Gasteiger partial charge is 0.150 e. The first-order valence-corrected chi connectivity index (χ1v) is 5.19. The van der Waals surface area contributed by atoms with Gasteiger partial charge in [0.15, 0.2) is 0 Å². The van der Waals surface area contributed by atoms with Gasteiger partial charge in [-0.05, 0) is 43.0 Å². The van der Waals surface area contributed by atoms with Gasteiger partial charge in [-0.15, -0.1) is 0 Å². The largest absolute Gasteiger partial charge is 0.368 e. The molecular weight excluding hydrogens is 174 g/mol. The summed E-state index contributed by atoms with van der Waals surface area (Å²) in [5.74, 6) is 0.936. The summed E-state index contributed by atoms with van der Waals surface area (Å²) < 4.78 is 0. The number of aldehydes is 1. The highest BCUT2D eigenvalue weighted by Gasteiger charge is 2.42. The van der Waals surface area contributed by atoms with Crippen molar-refractivity contribution in [1.29, 1.82) is 0 Å². The average molecular weight is 187 g/mol. The Morgan fingerprint density at radius 3 is 2.43 bits per heavy atom. The van der Waals surface area contributed by atoms with Crippen LogP contribution in [0.5, 0.6) is 0 Å². The van der Waals surface area contributed by atoms with E-state index in [0.29, 0.717) is 0 Å². The topological polar surface area (TPSA) is 20.3 Å². The van der Waals surface area contributed by atoms with Crippen molar-refractivity contribution in [3.05, 3.63) is 29.8 Å². The number of benzene rings is 1. The molecule has 2 nitrogen and oxygen atoms in total. The summed E-state index contributed by atoms with van der Waals surface area (Å²) in [5, 5.41) is 0. The van der Waals surface area contributed by atoms with Gasteiger partial charge in [-0.25, -0.2) is 0 Å². The number of fused-ring (bicyclic) bond motifs is 1. The molecule has 2 heteroatoms. The highest BCUT2D eigenvalue weighted by atomic mass is 16.1. The molecule has 0 unspecified atom stereocenters. The van der Waals surface area contributed by atoms with Gasteiger partial charge in [0.1, 0.15) is 6.29 Å². The summed E-state index contributed by atoms with van der Waals surface area (Å²) >= 11 is 0. The van der Waals surface area contributed by atoms with Crippen LogP contribution in [0.3, 0.4) is 0 Å². The van der Waals surface area contributed by atoms with Gasteiger partial charge in [0, 0.05) is 23.8 Å². The molecular formula is C12H13NO. The fourth-order valence-electron chi connectivity index (χ4n) is 2.59. The number of carbonyl (C=O) groups excluding carboxylic acids is 1. The highest BCUT2D eigenvalue weighted by molar-refractivity contribution is 5.75.